The van der Waals surface area contributed by atoms with E-state index in [0.717, 1.165) is 19.5 Å². The lowest BCUT2D eigenvalue weighted by Gasteiger charge is -2.10. The minimum Gasteiger partial charge on any atom is -0.355 e. The van der Waals surface area contributed by atoms with E-state index in [1.54, 1.807) is 31.3 Å². The summed E-state index contributed by atoms with van der Waals surface area (Å²) in [5, 5.41) is 8.55. The van der Waals surface area contributed by atoms with Crippen LogP contribution in [0.25, 0.3) is 0 Å². The van der Waals surface area contributed by atoms with E-state index in [4.69, 9.17) is 0 Å². The number of amides is 2. The minimum atomic E-state index is -0.159. The summed E-state index contributed by atoms with van der Waals surface area (Å²) in [4.78, 5) is 23.4. The molecule has 1 heterocycles. The first-order valence-corrected chi connectivity index (χ1v) is 6.04. The van der Waals surface area contributed by atoms with Crippen molar-refractivity contribution in [2.45, 2.75) is 6.42 Å². The van der Waals surface area contributed by atoms with Gasteiger partial charge in [0.25, 0.3) is 5.91 Å². The number of carbonyl (C=O) groups is 2. The number of benzene rings is 1. The zero-order valence-corrected chi connectivity index (χ0v) is 10.3. The average Bonchev–Trinajstić information content (AvgIpc) is 2.92. The van der Waals surface area contributed by atoms with Gasteiger partial charge in [-0.05, 0) is 31.2 Å². The quantitative estimate of drug-likeness (QED) is 0.732. The van der Waals surface area contributed by atoms with Gasteiger partial charge >= 0.3 is 0 Å². The molecule has 2 rings (SSSR count). The first-order chi connectivity index (χ1) is 8.70. The Hall–Kier alpha value is -1.88. The Morgan fingerprint density at radius 2 is 2.22 bits per heavy atom. The molecular formula is C13H17N3O2. The van der Waals surface area contributed by atoms with Gasteiger partial charge in [-0.3, -0.25) is 9.59 Å². The molecule has 0 saturated carbocycles. The fourth-order valence-corrected chi connectivity index (χ4v) is 2.01. The summed E-state index contributed by atoms with van der Waals surface area (Å²) >= 11 is 0. The highest BCUT2D eigenvalue weighted by Gasteiger charge is 2.22. The average molecular weight is 247 g/mol. The molecule has 1 aromatic rings. The highest BCUT2D eigenvalue weighted by atomic mass is 16.2. The second kappa shape index (κ2) is 5.64. The van der Waals surface area contributed by atoms with Gasteiger partial charge in [-0.2, -0.15) is 0 Å². The van der Waals surface area contributed by atoms with Gasteiger partial charge in [0.1, 0.15) is 0 Å². The molecule has 5 nitrogen and oxygen atoms in total. The van der Waals surface area contributed by atoms with E-state index in [1.165, 1.54) is 0 Å². The molecule has 0 aromatic heterocycles. The predicted molar refractivity (Wildman–Crippen MR) is 69.4 cm³/mol. The molecule has 1 unspecified atom stereocenters. The minimum absolute atomic E-state index is 0.00839. The Kier molecular flexibility index (Phi) is 3.94. The fourth-order valence-electron chi connectivity index (χ4n) is 2.01. The standard InChI is InChI=1S/C13H17N3O2/c1-14-12(17)9-3-2-4-11(7-9)16-13(18)10-5-6-15-8-10/h2-4,7,10,15H,5-6,8H2,1H3,(H,14,17)(H,16,18). The highest BCUT2D eigenvalue weighted by Crippen LogP contribution is 2.14. The Balaban J connectivity index is 2.04. The topological polar surface area (TPSA) is 70.2 Å². The van der Waals surface area contributed by atoms with Crippen LogP contribution in [0.15, 0.2) is 24.3 Å². The van der Waals surface area contributed by atoms with Crippen molar-refractivity contribution in [1.82, 2.24) is 10.6 Å². The van der Waals surface area contributed by atoms with Crippen molar-refractivity contribution in [2.24, 2.45) is 5.92 Å². The van der Waals surface area contributed by atoms with Crippen LogP contribution >= 0.6 is 0 Å². The molecule has 1 atom stereocenters. The van der Waals surface area contributed by atoms with Crippen molar-refractivity contribution < 1.29 is 9.59 Å². The molecule has 96 valence electrons. The summed E-state index contributed by atoms with van der Waals surface area (Å²) in [6.07, 6.45) is 0.862. The molecule has 0 spiro atoms. The van der Waals surface area contributed by atoms with Crippen LogP contribution in [0, 0.1) is 5.92 Å². The smallest absolute Gasteiger partial charge is 0.251 e. The molecule has 18 heavy (non-hydrogen) atoms. The fraction of sp³-hybridized carbons (Fsp3) is 0.385. The predicted octanol–water partition coefficient (Wildman–Crippen LogP) is 0.594. The van der Waals surface area contributed by atoms with E-state index in [0.29, 0.717) is 11.3 Å². The molecule has 3 N–H and O–H groups in total. The largest absolute Gasteiger partial charge is 0.355 e. The monoisotopic (exact) mass is 247 g/mol. The van der Waals surface area contributed by atoms with Gasteiger partial charge in [-0.15, -0.1) is 0 Å². The van der Waals surface area contributed by atoms with Crippen molar-refractivity contribution in [1.29, 1.82) is 0 Å². The molecule has 5 heteroatoms. The number of hydrogen-bond donors (Lipinski definition) is 3. The molecule has 1 fully saturated rings. The van der Waals surface area contributed by atoms with Crippen LogP contribution in [0.2, 0.25) is 0 Å². The third-order valence-electron chi connectivity index (χ3n) is 3.05. The number of carbonyl (C=O) groups excluding carboxylic acids is 2. The lowest BCUT2D eigenvalue weighted by molar-refractivity contribution is -0.119. The molecule has 1 aliphatic rings. The Morgan fingerprint density at radius 3 is 2.89 bits per heavy atom. The van der Waals surface area contributed by atoms with E-state index in [-0.39, 0.29) is 17.7 Å². The van der Waals surface area contributed by atoms with Crippen molar-refractivity contribution in [3.63, 3.8) is 0 Å². The van der Waals surface area contributed by atoms with Gasteiger partial charge in [0, 0.05) is 24.8 Å². The first kappa shape index (κ1) is 12.6. The van der Waals surface area contributed by atoms with E-state index < -0.39 is 0 Å². The third kappa shape index (κ3) is 2.87. The van der Waals surface area contributed by atoms with E-state index in [2.05, 4.69) is 16.0 Å². The van der Waals surface area contributed by atoms with Crippen molar-refractivity contribution in [2.75, 3.05) is 25.5 Å². The Morgan fingerprint density at radius 1 is 1.39 bits per heavy atom. The van der Waals surface area contributed by atoms with Gasteiger partial charge in [0.2, 0.25) is 5.91 Å². The number of nitrogens with one attached hydrogen (secondary N) is 3. The normalized spacial score (nSPS) is 18.4. The molecule has 1 aliphatic heterocycles. The lowest BCUT2D eigenvalue weighted by Crippen LogP contribution is -2.25. The van der Waals surface area contributed by atoms with Crippen LogP contribution in [0.3, 0.4) is 0 Å². The molecular weight excluding hydrogens is 230 g/mol. The SMILES string of the molecule is CNC(=O)c1cccc(NC(=O)C2CCNC2)c1. The van der Waals surface area contributed by atoms with Crippen LogP contribution in [-0.2, 0) is 4.79 Å². The van der Waals surface area contributed by atoms with Crippen LogP contribution in [0.1, 0.15) is 16.8 Å². The maximum atomic E-state index is 11.9. The molecule has 0 radical (unpaired) electrons. The summed E-state index contributed by atoms with van der Waals surface area (Å²) in [5.74, 6) is -0.128. The summed E-state index contributed by atoms with van der Waals surface area (Å²) in [5.41, 5.74) is 1.20. The zero-order chi connectivity index (χ0) is 13.0. The van der Waals surface area contributed by atoms with E-state index in [1.807, 2.05) is 0 Å². The number of rotatable bonds is 3. The van der Waals surface area contributed by atoms with Gasteiger partial charge in [0.05, 0.1) is 5.92 Å². The second-order valence-corrected chi connectivity index (χ2v) is 4.34. The van der Waals surface area contributed by atoms with Crippen LogP contribution in [0.4, 0.5) is 5.69 Å². The van der Waals surface area contributed by atoms with Gasteiger partial charge < -0.3 is 16.0 Å². The third-order valence-corrected chi connectivity index (χ3v) is 3.05. The summed E-state index contributed by atoms with van der Waals surface area (Å²) in [6, 6.07) is 6.94. The van der Waals surface area contributed by atoms with Crippen LogP contribution in [0.5, 0.6) is 0 Å². The zero-order valence-electron chi connectivity index (χ0n) is 10.3. The Bertz CT molecular complexity index is 453. The van der Waals surface area contributed by atoms with E-state index >= 15 is 0 Å². The van der Waals surface area contributed by atoms with Crippen LogP contribution in [-0.4, -0.2) is 32.0 Å². The van der Waals surface area contributed by atoms with Gasteiger partial charge in [-0.25, -0.2) is 0 Å². The summed E-state index contributed by atoms with van der Waals surface area (Å²) < 4.78 is 0. The highest BCUT2D eigenvalue weighted by molar-refractivity contribution is 5.97. The lowest BCUT2D eigenvalue weighted by atomic mass is 10.1. The number of anilines is 1. The molecule has 1 aromatic carbocycles. The maximum Gasteiger partial charge on any atom is 0.251 e. The molecule has 1 saturated heterocycles. The van der Waals surface area contributed by atoms with E-state index in [9.17, 15) is 9.59 Å². The molecule has 0 bridgehead atoms. The number of hydrogen-bond acceptors (Lipinski definition) is 3. The summed E-state index contributed by atoms with van der Waals surface area (Å²) in [6.45, 7) is 1.61. The van der Waals surface area contributed by atoms with Crippen LogP contribution < -0.4 is 16.0 Å². The van der Waals surface area contributed by atoms with Crippen molar-refractivity contribution >= 4 is 17.5 Å². The molecule has 2 amide bonds. The molecule has 0 aliphatic carbocycles. The maximum absolute atomic E-state index is 11.9. The second-order valence-electron chi connectivity index (χ2n) is 4.34. The Labute approximate surface area is 106 Å². The summed E-state index contributed by atoms with van der Waals surface area (Å²) in [7, 11) is 1.58. The van der Waals surface area contributed by atoms with Crippen molar-refractivity contribution in [3.8, 4) is 0 Å². The van der Waals surface area contributed by atoms with Gasteiger partial charge in [0.15, 0.2) is 0 Å². The van der Waals surface area contributed by atoms with Crippen molar-refractivity contribution in [3.05, 3.63) is 29.8 Å². The first-order valence-electron chi connectivity index (χ1n) is 6.04. The van der Waals surface area contributed by atoms with Gasteiger partial charge in [-0.1, -0.05) is 6.07 Å².